The lowest BCUT2D eigenvalue weighted by molar-refractivity contribution is -0.118. The zero-order valence-corrected chi connectivity index (χ0v) is 16.4. The van der Waals surface area contributed by atoms with Gasteiger partial charge in [-0.05, 0) is 48.7 Å². The quantitative estimate of drug-likeness (QED) is 0.688. The van der Waals surface area contributed by atoms with Crippen LogP contribution in [0.15, 0.2) is 41.8 Å². The van der Waals surface area contributed by atoms with Gasteiger partial charge in [0.1, 0.15) is 5.75 Å². The van der Waals surface area contributed by atoms with Crippen molar-refractivity contribution in [3.05, 3.63) is 58.5 Å². The highest BCUT2D eigenvalue weighted by Crippen LogP contribution is 2.30. The Morgan fingerprint density at radius 1 is 1.25 bits per heavy atom. The van der Waals surface area contributed by atoms with E-state index in [2.05, 4.69) is 15.6 Å². The SMILES string of the molecule is Cc1ccc(C)c(OCC(=O)Nc2nc(-c3ccc4c(c3)CC(=O)N4)cs2)c1. The predicted octanol–water partition coefficient (Wildman–Crippen LogP) is 3.94. The third-order valence-electron chi connectivity index (χ3n) is 4.48. The molecule has 2 heterocycles. The van der Waals surface area contributed by atoms with Gasteiger partial charge in [-0.1, -0.05) is 18.2 Å². The molecule has 0 radical (unpaired) electrons. The Kier molecular flexibility index (Phi) is 4.83. The van der Waals surface area contributed by atoms with Crippen molar-refractivity contribution in [2.45, 2.75) is 20.3 Å². The minimum absolute atomic E-state index is 0.00206. The maximum Gasteiger partial charge on any atom is 0.264 e. The van der Waals surface area contributed by atoms with Crippen molar-refractivity contribution in [2.24, 2.45) is 0 Å². The molecule has 0 saturated heterocycles. The summed E-state index contributed by atoms with van der Waals surface area (Å²) in [6.45, 7) is 3.85. The van der Waals surface area contributed by atoms with E-state index in [4.69, 9.17) is 4.74 Å². The fraction of sp³-hybridized carbons (Fsp3) is 0.190. The molecule has 0 spiro atoms. The summed E-state index contributed by atoms with van der Waals surface area (Å²) in [4.78, 5) is 28.2. The molecule has 0 aliphatic carbocycles. The molecule has 1 aliphatic heterocycles. The van der Waals surface area contributed by atoms with Crippen molar-refractivity contribution in [3.63, 3.8) is 0 Å². The van der Waals surface area contributed by atoms with Gasteiger partial charge < -0.3 is 10.1 Å². The largest absolute Gasteiger partial charge is 0.483 e. The second kappa shape index (κ2) is 7.44. The fourth-order valence-corrected chi connectivity index (χ4v) is 3.75. The fourth-order valence-electron chi connectivity index (χ4n) is 3.01. The highest BCUT2D eigenvalue weighted by Gasteiger charge is 2.18. The van der Waals surface area contributed by atoms with E-state index < -0.39 is 0 Å². The van der Waals surface area contributed by atoms with Gasteiger partial charge in [0.25, 0.3) is 5.91 Å². The summed E-state index contributed by atoms with van der Waals surface area (Å²) in [6.07, 6.45) is 0.382. The third-order valence-corrected chi connectivity index (χ3v) is 5.24. The number of carbonyl (C=O) groups is 2. The van der Waals surface area contributed by atoms with Crippen LogP contribution in [0.25, 0.3) is 11.3 Å². The number of aromatic nitrogens is 1. The van der Waals surface area contributed by atoms with Crippen LogP contribution < -0.4 is 15.4 Å². The molecule has 2 amide bonds. The van der Waals surface area contributed by atoms with E-state index in [0.29, 0.717) is 17.3 Å². The Morgan fingerprint density at radius 2 is 2.11 bits per heavy atom. The van der Waals surface area contributed by atoms with E-state index in [-0.39, 0.29) is 18.4 Å². The van der Waals surface area contributed by atoms with Crippen LogP contribution in [-0.4, -0.2) is 23.4 Å². The van der Waals surface area contributed by atoms with Crippen molar-refractivity contribution in [1.82, 2.24) is 4.98 Å². The predicted molar refractivity (Wildman–Crippen MR) is 110 cm³/mol. The van der Waals surface area contributed by atoms with Gasteiger partial charge in [-0.2, -0.15) is 0 Å². The lowest BCUT2D eigenvalue weighted by Crippen LogP contribution is -2.20. The molecule has 0 unspecified atom stereocenters. The molecule has 2 aromatic carbocycles. The number of thiazole rings is 1. The minimum Gasteiger partial charge on any atom is -0.483 e. The first kappa shape index (κ1) is 18.2. The molecule has 0 fully saturated rings. The standard InChI is InChI=1S/C21H19N3O3S/c1-12-3-4-13(2)18(7-12)27-10-20(26)24-21-23-17(11-28-21)14-5-6-16-15(8-14)9-19(25)22-16/h3-8,11H,9-10H2,1-2H3,(H,22,25)(H,23,24,26). The number of hydrogen-bond acceptors (Lipinski definition) is 5. The first-order chi connectivity index (χ1) is 13.5. The van der Waals surface area contributed by atoms with Gasteiger partial charge in [0, 0.05) is 16.6 Å². The van der Waals surface area contributed by atoms with Crippen LogP contribution in [0.5, 0.6) is 5.75 Å². The number of nitrogens with one attached hydrogen (secondary N) is 2. The van der Waals surface area contributed by atoms with Crippen LogP contribution in [0.2, 0.25) is 0 Å². The Bertz CT molecular complexity index is 1070. The molecule has 0 bridgehead atoms. The van der Waals surface area contributed by atoms with Crippen LogP contribution in [-0.2, 0) is 16.0 Å². The van der Waals surface area contributed by atoms with E-state index in [1.807, 2.05) is 55.6 Å². The van der Waals surface area contributed by atoms with E-state index in [1.54, 1.807) is 0 Å². The first-order valence-corrected chi connectivity index (χ1v) is 9.74. The van der Waals surface area contributed by atoms with E-state index >= 15 is 0 Å². The summed E-state index contributed by atoms with van der Waals surface area (Å²) in [7, 11) is 0. The van der Waals surface area contributed by atoms with Crippen LogP contribution in [0.3, 0.4) is 0 Å². The molecule has 6 nitrogen and oxygen atoms in total. The smallest absolute Gasteiger partial charge is 0.264 e. The zero-order valence-electron chi connectivity index (χ0n) is 15.5. The van der Waals surface area contributed by atoms with Gasteiger partial charge in [-0.25, -0.2) is 4.98 Å². The number of fused-ring (bicyclic) bond motifs is 1. The second-order valence-corrected chi connectivity index (χ2v) is 7.60. The number of rotatable bonds is 5. The van der Waals surface area contributed by atoms with Crippen LogP contribution in [0, 0.1) is 13.8 Å². The van der Waals surface area contributed by atoms with Gasteiger partial charge in [0.05, 0.1) is 12.1 Å². The van der Waals surface area contributed by atoms with Crippen LogP contribution in [0.4, 0.5) is 10.8 Å². The van der Waals surface area contributed by atoms with Crippen molar-refractivity contribution in [3.8, 4) is 17.0 Å². The average molecular weight is 393 g/mol. The lowest BCUT2D eigenvalue weighted by Gasteiger charge is -2.09. The molecular formula is C21H19N3O3S. The summed E-state index contributed by atoms with van der Waals surface area (Å²) < 4.78 is 5.63. The Hall–Kier alpha value is -3.19. The Morgan fingerprint density at radius 3 is 2.96 bits per heavy atom. The number of carbonyl (C=O) groups excluding carboxylic acids is 2. The maximum absolute atomic E-state index is 12.2. The summed E-state index contributed by atoms with van der Waals surface area (Å²) in [6, 6.07) is 11.6. The molecule has 2 N–H and O–H groups in total. The van der Waals surface area contributed by atoms with Crippen LogP contribution >= 0.6 is 11.3 Å². The van der Waals surface area contributed by atoms with Gasteiger partial charge in [-0.15, -0.1) is 11.3 Å². The Labute approximate surface area is 166 Å². The molecule has 142 valence electrons. The van der Waals surface area contributed by atoms with Crippen molar-refractivity contribution >= 4 is 34.0 Å². The average Bonchev–Trinajstić information content (AvgIpc) is 3.27. The monoisotopic (exact) mass is 393 g/mol. The summed E-state index contributed by atoms with van der Waals surface area (Å²) in [5.41, 5.74) is 5.55. The maximum atomic E-state index is 12.2. The van der Waals surface area contributed by atoms with E-state index in [9.17, 15) is 9.59 Å². The number of hydrogen-bond donors (Lipinski definition) is 2. The van der Waals surface area contributed by atoms with Gasteiger partial charge in [0.15, 0.2) is 11.7 Å². The number of anilines is 2. The molecule has 1 aliphatic rings. The third kappa shape index (κ3) is 3.89. The molecule has 0 atom stereocenters. The molecular weight excluding hydrogens is 374 g/mol. The minimum atomic E-state index is -0.259. The van der Waals surface area contributed by atoms with Crippen molar-refractivity contribution in [1.29, 1.82) is 0 Å². The molecule has 1 aromatic heterocycles. The van der Waals surface area contributed by atoms with Gasteiger partial charge in [-0.3, -0.25) is 14.9 Å². The number of amides is 2. The molecule has 4 rings (SSSR count). The Balaban J connectivity index is 1.39. The normalized spacial score (nSPS) is 12.4. The van der Waals surface area contributed by atoms with E-state index in [1.165, 1.54) is 11.3 Å². The number of aryl methyl sites for hydroxylation is 2. The van der Waals surface area contributed by atoms with Gasteiger partial charge in [0.2, 0.25) is 5.91 Å². The highest BCUT2D eigenvalue weighted by atomic mass is 32.1. The zero-order chi connectivity index (χ0) is 19.7. The molecule has 28 heavy (non-hydrogen) atoms. The second-order valence-electron chi connectivity index (χ2n) is 6.74. The number of ether oxygens (including phenoxy) is 1. The number of nitrogens with zero attached hydrogens (tertiary/aromatic N) is 1. The summed E-state index contributed by atoms with van der Waals surface area (Å²) in [5, 5.41) is 7.98. The molecule has 7 heteroatoms. The summed E-state index contributed by atoms with van der Waals surface area (Å²) >= 11 is 1.35. The van der Waals surface area contributed by atoms with Crippen LogP contribution in [0.1, 0.15) is 16.7 Å². The van der Waals surface area contributed by atoms with Crippen molar-refractivity contribution < 1.29 is 14.3 Å². The molecule has 0 saturated carbocycles. The first-order valence-electron chi connectivity index (χ1n) is 8.86. The lowest BCUT2D eigenvalue weighted by atomic mass is 10.1. The molecule has 3 aromatic rings. The van der Waals surface area contributed by atoms with Crippen molar-refractivity contribution in [2.75, 3.05) is 17.2 Å². The topological polar surface area (TPSA) is 80.3 Å². The number of benzene rings is 2. The van der Waals surface area contributed by atoms with Gasteiger partial charge >= 0.3 is 0 Å². The highest BCUT2D eigenvalue weighted by molar-refractivity contribution is 7.14. The summed E-state index contributed by atoms with van der Waals surface area (Å²) in [5.74, 6) is 0.448. The van der Waals surface area contributed by atoms with E-state index in [0.717, 1.165) is 33.6 Å².